The molecule has 0 atom stereocenters. The third kappa shape index (κ3) is 2.48. The summed E-state index contributed by atoms with van der Waals surface area (Å²) in [5, 5.41) is 0. The first-order chi connectivity index (χ1) is 6.57. The smallest absolute Gasteiger partial charge is 0.164 e. The highest BCUT2D eigenvalue weighted by atomic mass is 127. The molecular weight excluding hydrogens is 359 g/mol. The second-order valence-electron chi connectivity index (χ2n) is 2.72. The second-order valence-corrected chi connectivity index (χ2v) is 4.74. The van der Waals surface area contributed by atoms with Crippen LogP contribution >= 0.6 is 38.5 Å². The zero-order chi connectivity index (χ0) is 10.7. The minimum Gasteiger partial charge on any atom is -0.492 e. The first-order valence-electron chi connectivity index (χ1n) is 4.19. The lowest BCUT2D eigenvalue weighted by molar-refractivity contribution is 0.101. The number of ketones is 1. The Kier molecular flexibility index (Phi) is 4.37. The maximum Gasteiger partial charge on any atom is 0.164 e. The van der Waals surface area contributed by atoms with E-state index in [0.717, 1.165) is 8.04 Å². The maximum absolute atomic E-state index is 11.4. The number of benzene rings is 1. The summed E-state index contributed by atoms with van der Waals surface area (Å²) in [7, 11) is 0. The van der Waals surface area contributed by atoms with Crippen LogP contribution in [0.15, 0.2) is 16.6 Å². The van der Waals surface area contributed by atoms with Crippen molar-refractivity contribution in [2.45, 2.75) is 13.8 Å². The van der Waals surface area contributed by atoms with Crippen LogP contribution in [0.1, 0.15) is 24.2 Å². The molecule has 1 aromatic carbocycles. The fraction of sp³-hybridized carbons (Fsp3) is 0.300. The van der Waals surface area contributed by atoms with Crippen LogP contribution in [-0.4, -0.2) is 12.4 Å². The number of ether oxygens (including phenoxy) is 1. The number of Topliss-reactive ketones (excluding diaryl/α,β-unsaturated/α-hetero) is 1. The van der Waals surface area contributed by atoms with Crippen LogP contribution in [-0.2, 0) is 0 Å². The molecule has 0 spiro atoms. The first kappa shape index (κ1) is 12.0. The number of carbonyl (C=O) groups excluding carboxylic acids is 1. The quantitative estimate of drug-likeness (QED) is 0.601. The molecule has 0 bridgehead atoms. The van der Waals surface area contributed by atoms with Crippen LogP contribution in [0.3, 0.4) is 0 Å². The topological polar surface area (TPSA) is 26.3 Å². The van der Waals surface area contributed by atoms with E-state index in [2.05, 4.69) is 38.5 Å². The summed E-state index contributed by atoms with van der Waals surface area (Å²) in [4.78, 5) is 11.4. The van der Waals surface area contributed by atoms with Crippen LogP contribution in [0.5, 0.6) is 5.75 Å². The molecule has 1 rings (SSSR count). The summed E-state index contributed by atoms with van der Waals surface area (Å²) in [6.07, 6.45) is 0. The Hall–Kier alpha value is -0.100. The van der Waals surface area contributed by atoms with Crippen LogP contribution < -0.4 is 4.74 Å². The molecule has 4 heteroatoms. The van der Waals surface area contributed by atoms with Crippen molar-refractivity contribution in [2.24, 2.45) is 0 Å². The van der Waals surface area contributed by atoms with E-state index in [1.807, 2.05) is 19.1 Å². The van der Waals surface area contributed by atoms with Crippen LogP contribution in [0, 0.1) is 3.57 Å². The molecule has 0 amide bonds. The van der Waals surface area contributed by atoms with Crippen molar-refractivity contribution >= 4 is 44.3 Å². The Morgan fingerprint density at radius 2 is 2.21 bits per heavy atom. The zero-order valence-corrected chi connectivity index (χ0v) is 11.7. The van der Waals surface area contributed by atoms with Gasteiger partial charge in [0.2, 0.25) is 0 Å². The van der Waals surface area contributed by atoms with Crippen molar-refractivity contribution in [3.63, 3.8) is 0 Å². The molecule has 0 aromatic heterocycles. The maximum atomic E-state index is 11.4. The highest BCUT2D eigenvalue weighted by Gasteiger charge is 2.15. The molecule has 0 fully saturated rings. The van der Waals surface area contributed by atoms with Gasteiger partial charge in [0, 0.05) is 4.47 Å². The van der Waals surface area contributed by atoms with Gasteiger partial charge in [-0.3, -0.25) is 4.79 Å². The SMILES string of the molecule is CCOc1c(I)ccc(Br)c1C(C)=O. The van der Waals surface area contributed by atoms with Gasteiger partial charge in [-0.05, 0) is 64.5 Å². The van der Waals surface area contributed by atoms with E-state index < -0.39 is 0 Å². The number of carbonyl (C=O) groups is 1. The fourth-order valence-corrected chi connectivity index (χ4v) is 2.34. The van der Waals surface area contributed by atoms with E-state index in [0.29, 0.717) is 17.9 Å². The molecular formula is C10H10BrIO2. The van der Waals surface area contributed by atoms with Gasteiger partial charge in [-0.25, -0.2) is 0 Å². The van der Waals surface area contributed by atoms with Crippen molar-refractivity contribution in [3.8, 4) is 5.75 Å². The first-order valence-corrected chi connectivity index (χ1v) is 6.06. The van der Waals surface area contributed by atoms with Crippen LogP contribution in [0.4, 0.5) is 0 Å². The number of rotatable bonds is 3. The standard InChI is InChI=1S/C10H10BrIO2/c1-3-14-10-8(12)5-4-7(11)9(10)6(2)13/h4-5H,3H2,1-2H3. The third-order valence-corrected chi connectivity index (χ3v) is 3.21. The predicted octanol–water partition coefficient (Wildman–Crippen LogP) is 3.66. The van der Waals surface area contributed by atoms with E-state index >= 15 is 0 Å². The molecule has 0 aliphatic heterocycles. The molecule has 0 aliphatic rings. The van der Waals surface area contributed by atoms with Crippen molar-refractivity contribution in [3.05, 3.63) is 25.7 Å². The summed E-state index contributed by atoms with van der Waals surface area (Å²) < 4.78 is 7.19. The lowest BCUT2D eigenvalue weighted by Gasteiger charge is -2.11. The van der Waals surface area contributed by atoms with Crippen molar-refractivity contribution in [1.29, 1.82) is 0 Å². The average molecular weight is 369 g/mol. The molecule has 0 radical (unpaired) electrons. The highest BCUT2D eigenvalue weighted by molar-refractivity contribution is 14.1. The molecule has 0 N–H and O–H groups in total. The molecule has 2 nitrogen and oxygen atoms in total. The van der Waals surface area contributed by atoms with Crippen LogP contribution in [0.2, 0.25) is 0 Å². The van der Waals surface area contributed by atoms with Crippen molar-refractivity contribution in [2.75, 3.05) is 6.61 Å². The van der Waals surface area contributed by atoms with Gasteiger partial charge in [0.15, 0.2) is 5.78 Å². The molecule has 0 saturated heterocycles. The van der Waals surface area contributed by atoms with Gasteiger partial charge < -0.3 is 4.74 Å². The Labute approximate surface area is 105 Å². The Bertz CT molecular complexity index is 363. The molecule has 0 saturated carbocycles. The monoisotopic (exact) mass is 368 g/mol. The summed E-state index contributed by atoms with van der Waals surface area (Å²) in [5.74, 6) is 0.689. The molecule has 0 unspecified atom stereocenters. The van der Waals surface area contributed by atoms with Crippen molar-refractivity contribution < 1.29 is 9.53 Å². The number of hydrogen-bond acceptors (Lipinski definition) is 2. The highest BCUT2D eigenvalue weighted by Crippen LogP contribution is 2.32. The van der Waals surface area contributed by atoms with Gasteiger partial charge >= 0.3 is 0 Å². The zero-order valence-electron chi connectivity index (χ0n) is 7.93. The molecule has 0 aliphatic carbocycles. The Morgan fingerprint density at radius 1 is 1.57 bits per heavy atom. The second kappa shape index (κ2) is 5.11. The summed E-state index contributed by atoms with van der Waals surface area (Å²) in [6.45, 7) is 4.01. The largest absolute Gasteiger partial charge is 0.492 e. The summed E-state index contributed by atoms with van der Waals surface area (Å²) >= 11 is 5.51. The van der Waals surface area contributed by atoms with E-state index in [1.165, 1.54) is 0 Å². The van der Waals surface area contributed by atoms with E-state index in [-0.39, 0.29) is 5.78 Å². The third-order valence-electron chi connectivity index (χ3n) is 1.70. The number of hydrogen-bond donors (Lipinski definition) is 0. The van der Waals surface area contributed by atoms with E-state index in [4.69, 9.17) is 4.74 Å². The van der Waals surface area contributed by atoms with E-state index in [1.54, 1.807) is 6.92 Å². The predicted molar refractivity (Wildman–Crippen MR) is 68.0 cm³/mol. The molecule has 0 heterocycles. The van der Waals surface area contributed by atoms with Gasteiger partial charge in [0.05, 0.1) is 15.7 Å². The van der Waals surface area contributed by atoms with Gasteiger partial charge in [-0.2, -0.15) is 0 Å². The summed E-state index contributed by atoms with van der Waals surface area (Å²) in [6, 6.07) is 3.78. The molecule has 76 valence electrons. The van der Waals surface area contributed by atoms with Gasteiger partial charge in [-0.1, -0.05) is 0 Å². The molecule has 1 aromatic rings. The van der Waals surface area contributed by atoms with Gasteiger partial charge in [0.25, 0.3) is 0 Å². The van der Waals surface area contributed by atoms with Crippen LogP contribution in [0.25, 0.3) is 0 Å². The van der Waals surface area contributed by atoms with Crippen molar-refractivity contribution in [1.82, 2.24) is 0 Å². The summed E-state index contributed by atoms with van der Waals surface area (Å²) in [5.41, 5.74) is 0.624. The van der Waals surface area contributed by atoms with Gasteiger partial charge in [0.1, 0.15) is 5.75 Å². The minimum absolute atomic E-state index is 0.0128. The fourth-order valence-electron chi connectivity index (χ4n) is 1.15. The minimum atomic E-state index is 0.0128. The van der Waals surface area contributed by atoms with Gasteiger partial charge in [-0.15, -0.1) is 0 Å². The lowest BCUT2D eigenvalue weighted by atomic mass is 10.1. The normalized spacial score (nSPS) is 10.0. The average Bonchev–Trinajstić information content (AvgIpc) is 2.11. The van der Waals surface area contributed by atoms with E-state index in [9.17, 15) is 4.79 Å². The number of halogens is 2. The Balaban J connectivity index is 3.33. The Morgan fingerprint density at radius 3 is 2.71 bits per heavy atom. The molecule has 14 heavy (non-hydrogen) atoms. The lowest BCUT2D eigenvalue weighted by Crippen LogP contribution is -2.03.